The highest BCUT2D eigenvalue weighted by atomic mass is 79.9. The van der Waals surface area contributed by atoms with Gasteiger partial charge >= 0.3 is 0 Å². The Hall–Kier alpha value is -0.830. The van der Waals surface area contributed by atoms with Gasteiger partial charge in [0.05, 0.1) is 5.56 Å². The summed E-state index contributed by atoms with van der Waals surface area (Å²) in [7, 11) is 0. The van der Waals surface area contributed by atoms with Gasteiger partial charge in [-0.2, -0.15) is 0 Å². The molecule has 0 saturated carbocycles. The minimum absolute atomic E-state index is 0.0136. The van der Waals surface area contributed by atoms with E-state index in [1.807, 2.05) is 31.2 Å². The number of hydrogen-bond acceptors (Lipinski definition) is 1. The van der Waals surface area contributed by atoms with E-state index in [0.29, 0.717) is 11.5 Å². The fourth-order valence-corrected chi connectivity index (χ4v) is 1.89. The average Bonchev–Trinajstić information content (AvgIpc) is 2.28. The van der Waals surface area contributed by atoms with Crippen molar-refractivity contribution in [3.63, 3.8) is 0 Å². The van der Waals surface area contributed by atoms with Crippen LogP contribution in [-0.2, 0) is 0 Å². The van der Waals surface area contributed by atoms with Crippen molar-refractivity contribution in [2.45, 2.75) is 33.2 Å². The number of carbonyl (C=O) groups is 1. The average molecular weight is 284 g/mol. The smallest absolute Gasteiger partial charge is 0.252 e. The van der Waals surface area contributed by atoms with Gasteiger partial charge in [0.2, 0.25) is 0 Å². The van der Waals surface area contributed by atoms with E-state index in [1.165, 1.54) is 0 Å². The SMILES string of the molecule is CCC(C)C(C)NC(=O)c1ccccc1Br. The molecule has 1 aromatic rings. The number of carbonyl (C=O) groups excluding carboxylic acids is 1. The van der Waals surface area contributed by atoms with Crippen LogP contribution in [0.1, 0.15) is 37.6 Å². The van der Waals surface area contributed by atoms with Crippen LogP contribution in [0.3, 0.4) is 0 Å². The van der Waals surface area contributed by atoms with E-state index in [1.54, 1.807) is 0 Å². The summed E-state index contributed by atoms with van der Waals surface area (Å²) in [5.41, 5.74) is 0.692. The predicted molar refractivity (Wildman–Crippen MR) is 70.5 cm³/mol. The molecule has 2 unspecified atom stereocenters. The van der Waals surface area contributed by atoms with Crippen molar-refractivity contribution in [3.8, 4) is 0 Å². The molecule has 0 radical (unpaired) electrons. The molecule has 0 spiro atoms. The number of halogens is 1. The Kier molecular flexibility index (Phi) is 5.00. The highest BCUT2D eigenvalue weighted by Gasteiger charge is 2.15. The fraction of sp³-hybridized carbons (Fsp3) is 0.462. The summed E-state index contributed by atoms with van der Waals surface area (Å²) in [5, 5.41) is 3.02. The fourth-order valence-electron chi connectivity index (χ4n) is 1.43. The molecule has 2 nitrogen and oxygen atoms in total. The Labute approximate surface area is 106 Å². The Bertz CT molecular complexity index is 365. The molecule has 0 aliphatic rings. The van der Waals surface area contributed by atoms with Gasteiger partial charge in [-0.3, -0.25) is 4.79 Å². The predicted octanol–water partition coefficient (Wildman–Crippen LogP) is 3.61. The largest absolute Gasteiger partial charge is 0.349 e. The maximum Gasteiger partial charge on any atom is 0.252 e. The first kappa shape index (κ1) is 13.2. The zero-order valence-electron chi connectivity index (χ0n) is 9.96. The summed E-state index contributed by atoms with van der Waals surface area (Å²) in [6.07, 6.45) is 1.07. The Morgan fingerprint density at radius 2 is 2.00 bits per heavy atom. The zero-order valence-corrected chi connectivity index (χ0v) is 11.5. The molecule has 0 aliphatic heterocycles. The molecule has 0 saturated heterocycles. The molecule has 16 heavy (non-hydrogen) atoms. The van der Waals surface area contributed by atoms with Crippen LogP contribution in [0, 0.1) is 5.92 Å². The van der Waals surface area contributed by atoms with Crippen molar-refractivity contribution >= 4 is 21.8 Å². The molecule has 0 fully saturated rings. The zero-order chi connectivity index (χ0) is 12.1. The van der Waals surface area contributed by atoms with E-state index < -0.39 is 0 Å². The Balaban J connectivity index is 2.70. The third kappa shape index (κ3) is 3.34. The summed E-state index contributed by atoms with van der Waals surface area (Å²) < 4.78 is 0.837. The molecule has 3 heteroatoms. The molecule has 2 atom stereocenters. The van der Waals surface area contributed by atoms with Gasteiger partial charge < -0.3 is 5.32 Å². The van der Waals surface area contributed by atoms with Crippen molar-refractivity contribution in [2.24, 2.45) is 5.92 Å². The van der Waals surface area contributed by atoms with Gasteiger partial charge in [0.1, 0.15) is 0 Å². The lowest BCUT2D eigenvalue weighted by Crippen LogP contribution is -2.37. The van der Waals surface area contributed by atoms with E-state index in [9.17, 15) is 4.79 Å². The lowest BCUT2D eigenvalue weighted by molar-refractivity contribution is 0.0927. The quantitative estimate of drug-likeness (QED) is 0.899. The molecule has 1 aromatic carbocycles. The van der Waals surface area contributed by atoms with Crippen LogP contribution < -0.4 is 5.32 Å². The van der Waals surface area contributed by atoms with Crippen LogP contribution in [0.5, 0.6) is 0 Å². The maximum atomic E-state index is 12.0. The molecule has 0 bridgehead atoms. The first-order valence-electron chi connectivity index (χ1n) is 5.61. The minimum Gasteiger partial charge on any atom is -0.349 e. The van der Waals surface area contributed by atoms with Gasteiger partial charge in [-0.15, -0.1) is 0 Å². The standard InChI is InChI=1S/C13H18BrNO/c1-4-9(2)10(3)15-13(16)11-7-5-6-8-12(11)14/h5-10H,4H2,1-3H3,(H,15,16). The highest BCUT2D eigenvalue weighted by Crippen LogP contribution is 2.16. The highest BCUT2D eigenvalue weighted by molar-refractivity contribution is 9.10. The van der Waals surface area contributed by atoms with E-state index in [0.717, 1.165) is 10.9 Å². The van der Waals surface area contributed by atoms with Crippen LogP contribution in [0.4, 0.5) is 0 Å². The lowest BCUT2D eigenvalue weighted by atomic mass is 10.0. The van der Waals surface area contributed by atoms with Crippen molar-refractivity contribution in [1.29, 1.82) is 0 Å². The second-order valence-corrected chi connectivity index (χ2v) is 4.98. The van der Waals surface area contributed by atoms with E-state index in [4.69, 9.17) is 0 Å². The molecular weight excluding hydrogens is 266 g/mol. The Morgan fingerprint density at radius 3 is 2.56 bits per heavy atom. The molecule has 1 rings (SSSR count). The molecule has 0 aliphatic carbocycles. The topological polar surface area (TPSA) is 29.1 Å². The second-order valence-electron chi connectivity index (χ2n) is 4.13. The van der Waals surface area contributed by atoms with Gasteiger partial charge in [0.25, 0.3) is 5.91 Å². The summed E-state index contributed by atoms with van der Waals surface area (Å²) in [5.74, 6) is 0.478. The summed E-state index contributed by atoms with van der Waals surface area (Å²) in [4.78, 5) is 12.0. The van der Waals surface area contributed by atoms with Crippen molar-refractivity contribution in [2.75, 3.05) is 0 Å². The van der Waals surface area contributed by atoms with E-state index in [2.05, 4.69) is 35.1 Å². The van der Waals surface area contributed by atoms with Crippen LogP contribution in [0.15, 0.2) is 28.7 Å². The molecule has 1 N–H and O–H groups in total. The van der Waals surface area contributed by atoms with Gasteiger partial charge in [0.15, 0.2) is 0 Å². The molecule has 1 amide bonds. The maximum absolute atomic E-state index is 12.0. The third-order valence-corrected chi connectivity index (χ3v) is 3.67. The molecule has 0 aromatic heterocycles. The molecule has 88 valence electrons. The van der Waals surface area contributed by atoms with Gasteiger partial charge in [0, 0.05) is 10.5 Å². The number of benzene rings is 1. The normalized spacial score (nSPS) is 14.2. The summed E-state index contributed by atoms with van der Waals surface area (Å²) >= 11 is 3.38. The number of nitrogens with one attached hydrogen (secondary N) is 1. The monoisotopic (exact) mass is 283 g/mol. The molecular formula is C13H18BrNO. The first-order valence-corrected chi connectivity index (χ1v) is 6.41. The number of amides is 1. The minimum atomic E-state index is -0.0136. The third-order valence-electron chi connectivity index (χ3n) is 2.97. The second kappa shape index (κ2) is 6.04. The first-order chi connectivity index (χ1) is 7.56. The summed E-state index contributed by atoms with van der Waals surface area (Å²) in [6, 6.07) is 7.67. The van der Waals surface area contributed by atoms with Crippen LogP contribution in [-0.4, -0.2) is 11.9 Å². The van der Waals surface area contributed by atoms with Crippen molar-refractivity contribution < 1.29 is 4.79 Å². The van der Waals surface area contributed by atoms with Crippen LogP contribution >= 0.6 is 15.9 Å². The van der Waals surface area contributed by atoms with E-state index >= 15 is 0 Å². The van der Waals surface area contributed by atoms with E-state index in [-0.39, 0.29) is 11.9 Å². The molecule has 0 heterocycles. The Morgan fingerprint density at radius 1 is 1.38 bits per heavy atom. The van der Waals surface area contributed by atoms with Crippen LogP contribution in [0.2, 0.25) is 0 Å². The van der Waals surface area contributed by atoms with Gasteiger partial charge in [-0.25, -0.2) is 0 Å². The number of rotatable bonds is 4. The van der Waals surface area contributed by atoms with Crippen molar-refractivity contribution in [1.82, 2.24) is 5.32 Å². The lowest BCUT2D eigenvalue weighted by Gasteiger charge is -2.20. The van der Waals surface area contributed by atoms with Crippen LogP contribution in [0.25, 0.3) is 0 Å². The van der Waals surface area contributed by atoms with Gasteiger partial charge in [-0.1, -0.05) is 32.4 Å². The summed E-state index contributed by atoms with van der Waals surface area (Å²) in [6.45, 7) is 6.32. The van der Waals surface area contributed by atoms with Gasteiger partial charge in [-0.05, 0) is 40.9 Å². The number of hydrogen-bond donors (Lipinski definition) is 1. The van der Waals surface area contributed by atoms with Crippen molar-refractivity contribution in [3.05, 3.63) is 34.3 Å².